The zero-order valence-corrected chi connectivity index (χ0v) is 12.5. The molecule has 2 heterocycles. The van der Waals surface area contributed by atoms with Crippen LogP contribution in [0.4, 0.5) is 4.39 Å². The number of fused-ring (bicyclic) bond motifs is 1. The van der Waals surface area contributed by atoms with Gasteiger partial charge in [-0.3, -0.25) is 0 Å². The van der Waals surface area contributed by atoms with Gasteiger partial charge in [-0.05, 0) is 40.0 Å². The molecule has 0 fully saturated rings. The Hall–Kier alpha value is -2.19. The first-order valence-electron chi connectivity index (χ1n) is 6.37. The maximum absolute atomic E-state index is 13.3. The van der Waals surface area contributed by atoms with Crippen LogP contribution in [0.3, 0.4) is 0 Å². The summed E-state index contributed by atoms with van der Waals surface area (Å²) in [5.74, 6) is 6.20. The van der Waals surface area contributed by atoms with Gasteiger partial charge < -0.3 is 4.42 Å². The normalized spacial score (nSPS) is 10.4. The largest absolute Gasteiger partial charge is 0.439 e. The Morgan fingerprint density at radius 1 is 1.29 bits per heavy atom. The quantitative estimate of drug-likeness (QED) is 0.656. The van der Waals surface area contributed by atoms with Crippen molar-refractivity contribution in [3.63, 3.8) is 0 Å². The minimum absolute atomic E-state index is 0.343. The van der Waals surface area contributed by atoms with Crippen LogP contribution in [-0.2, 0) is 6.42 Å². The molecule has 21 heavy (non-hydrogen) atoms. The smallest absolute Gasteiger partial charge is 0.196 e. The Bertz CT molecular complexity index is 834. The maximum atomic E-state index is 13.3. The standard InChI is InChI=1S/C16H10BrFN2O/c17-13-9-11(18)10-14-16(13)21-15(20-14)7-2-1-5-12-6-3-4-8-19-12/h3-4,6,8-10H,2,7H2. The van der Waals surface area contributed by atoms with Crippen molar-refractivity contribution >= 4 is 27.0 Å². The van der Waals surface area contributed by atoms with Gasteiger partial charge in [0.05, 0.1) is 4.47 Å². The number of benzene rings is 1. The summed E-state index contributed by atoms with van der Waals surface area (Å²) in [5, 5.41) is 0. The summed E-state index contributed by atoms with van der Waals surface area (Å²) in [6.45, 7) is 0. The zero-order chi connectivity index (χ0) is 14.7. The molecule has 0 saturated carbocycles. The summed E-state index contributed by atoms with van der Waals surface area (Å²) < 4.78 is 19.4. The van der Waals surface area contributed by atoms with E-state index in [1.54, 1.807) is 6.20 Å². The van der Waals surface area contributed by atoms with Crippen molar-refractivity contribution in [1.29, 1.82) is 0 Å². The molecule has 0 atom stereocenters. The van der Waals surface area contributed by atoms with Gasteiger partial charge >= 0.3 is 0 Å². The first-order chi connectivity index (χ1) is 10.2. The summed E-state index contributed by atoms with van der Waals surface area (Å²) in [6.07, 6.45) is 2.88. The van der Waals surface area contributed by atoms with E-state index in [2.05, 4.69) is 37.7 Å². The van der Waals surface area contributed by atoms with Crippen molar-refractivity contribution in [3.8, 4) is 11.8 Å². The van der Waals surface area contributed by atoms with Crippen LogP contribution >= 0.6 is 15.9 Å². The molecule has 0 aliphatic heterocycles. The second kappa shape index (κ2) is 6.06. The van der Waals surface area contributed by atoms with E-state index in [-0.39, 0.29) is 5.82 Å². The fraction of sp³-hybridized carbons (Fsp3) is 0.125. The molecular formula is C16H10BrFN2O. The Labute approximate surface area is 129 Å². The van der Waals surface area contributed by atoms with E-state index in [4.69, 9.17) is 4.42 Å². The van der Waals surface area contributed by atoms with Crippen LogP contribution in [0, 0.1) is 17.7 Å². The number of rotatable bonds is 2. The highest BCUT2D eigenvalue weighted by molar-refractivity contribution is 9.10. The number of aromatic nitrogens is 2. The van der Waals surface area contributed by atoms with Crippen LogP contribution < -0.4 is 0 Å². The van der Waals surface area contributed by atoms with Crippen LogP contribution in [0.25, 0.3) is 11.1 Å². The minimum atomic E-state index is -0.343. The van der Waals surface area contributed by atoms with E-state index >= 15 is 0 Å². The van der Waals surface area contributed by atoms with Gasteiger partial charge in [0.1, 0.15) is 17.0 Å². The van der Waals surface area contributed by atoms with Crippen molar-refractivity contribution in [2.75, 3.05) is 0 Å². The summed E-state index contributed by atoms with van der Waals surface area (Å²) >= 11 is 3.26. The van der Waals surface area contributed by atoms with Crippen molar-refractivity contribution in [3.05, 3.63) is 58.4 Å². The van der Waals surface area contributed by atoms with Gasteiger partial charge in [0.25, 0.3) is 0 Å². The highest BCUT2D eigenvalue weighted by atomic mass is 79.9. The molecular weight excluding hydrogens is 335 g/mol. The molecule has 0 N–H and O–H groups in total. The van der Waals surface area contributed by atoms with Crippen molar-refractivity contribution in [2.45, 2.75) is 12.8 Å². The maximum Gasteiger partial charge on any atom is 0.196 e. The van der Waals surface area contributed by atoms with E-state index in [9.17, 15) is 4.39 Å². The lowest BCUT2D eigenvalue weighted by Gasteiger charge is -1.91. The molecule has 5 heteroatoms. The van der Waals surface area contributed by atoms with E-state index in [1.165, 1.54) is 12.1 Å². The molecule has 0 amide bonds. The Morgan fingerprint density at radius 3 is 3.00 bits per heavy atom. The van der Waals surface area contributed by atoms with Crippen molar-refractivity contribution in [2.24, 2.45) is 0 Å². The van der Waals surface area contributed by atoms with Gasteiger partial charge in [-0.25, -0.2) is 14.4 Å². The van der Waals surface area contributed by atoms with Crippen LogP contribution in [0.15, 0.2) is 45.4 Å². The van der Waals surface area contributed by atoms with Crippen molar-refractivity contribution < 1.29 is 8.81 Å². The molecule has 0 bridgehead atoms. The molecule has 0 aliphatic carbocycles. The Balaban J connectivity index is 1.72. The van der Waals surface area contributed by atoms with Gasteiger partial charge in [0.2, 0.25) is 0 Å². The first-order valence-corrected chi connectivity index (χ1v) is 7.16. The average molecular weight is 345 g/mol. The lowest BCUT2D eigenvalue weighted by atomic mass is 10.3. The fourth-order valence-corrected chi connectivity index (χ4v) is 2.37. The van der Waals surface area contributed by atoms with Crippen LogP contribution in [0.5, 0.6) is 0 Å². The van der Waals surface area contributed by atoms with E-state index in [0.29, 0.717) is 34.3 Å². The third kappa shape index (κ3) is 3.29. The highest BCUT2D eigenvalue weighted by Gasteiger charge is 2.10. The third-order valence-corrected chi connectivity index (χ3v) is 3.39. The average Bonchev–Trinajstić information content (AvgIpc) is 2.88. The Morgan fingerprint density at radius 2 is 2.19 bits per heavy atom. The molecule has 2 aromatic heterocycles. The zero-order valence-electron chi connectivity index (χ0n) is 10.9. The number of pyridine rings is 1. The first kappa shape index (κ1) is 13.8. The van der Waals surface area contributed by atoms with Gasteiger partial charge in [-0.2, -0.15) is 0 Å². The number of hydrogen-bond donors (Lipinski definition) is 0. The monoisotopic (exact) mass is 344 g/mol. The van der Waals surface area contributed by atoms with E-state index in [0.717, 1.165) is 5.69 Å². The molecule has 3 nitrogen and oxygen atoms in total. The van der Waals surface area contributed by atoms with Crippen LogP contribution in [0.2, 0.25) is 0 Å². The summed E-state index contributed by atoms with van der Waals surface area (Å²) in [7, 11) is 0. The van der Waals surface area contributed by atoms with Crippen LogP contribution in [0.1, 0.15) is 18.0 Å². The molecule has 0 saturated heterocycles. The fourth-order valence-electron chi connectivity index (χ4n) is 1.87. The number of halogens is 2. The van der Waals surface area contributed by atoms with Gasteiger partial charge in [-0.15, -0.1) is 0 Å². The molecule has 0 spiro atoms. The number of aryl methyl sites for hydroxylation is 1. The second-order valence-electron chi connectivity index (χ2n) is 4.36. The Kier molecular flexibility index (Phi) is 3.98. The number of hydrogen-bond acceptors (Lipinski definition) is 3. The predicted molar refractivity (Wildman–Crippen MR) is 81.1 cm³/mol. The lowest BCUT2D eigenvalue weighted by molar-refractivity contribution is 0.530. The number of oxazole rings is 1. The molecule has 0 unspecified atom stereocenters. The SMILES string of the molecule is Fc1cc(Br)c2oc(CCC#Cc3ccccn3)nc2c1. The third-order valence-electron chi connectivity index (χ3n) is 2.80. The molecule has 1 aromatic carbocycles. The van der Waals surface area contributed by atoms with Gasteiger partial charge in [0.15, 0.2) is 11.5 Å². The minimum Gasteiger partial charge on any atom is -0.439 e. The lowest BCUT2D eigenvalue weighted by Crippen LogP contribution is -1.83. The molecule has 3 aromatic rings. The van der Waals surface area contributed by atoms with Gasteiger partial charge in [-0.1, -0.05) is 12.0 Å². The van der Waals surface area contributed by atoms with Gasteiger partial charge in [0, 0.05) is 25.1 Å². The second-order valence-corrected chi connectivity index (χ2v) is 5.21. The summed E-state index contributed by atoms with van der Waals surface area (Å²) in [6, 6.07) is 8.31. The predicted octanol–water partition coefficient (Wildman–Crippen LogP) is 4.11. The molecule has 104 valence electrons. The molecule has 0 aliphatic rings. The van der Waals surface area contributed by atoms with E-state index in [1.807, 2.05) is 18.2 Å². The summed E-state index contributed by atoms with van der Waals surface area (Å²) in [5.41, 5.74) is 1.80. The van der Waals surface area contributed by atoms with Crippen LogP contribution in [-0.4, -0.2) is 9.97 Å². The van der Waals surface area contributed by atoms with E-state index < -0.39 is 0 Å². The summed E-state index contributed by atoms with van der Waals surface area (Å²) in [4.78, 5) is 8.38. The molecule has 0 radical (unpaired) electrons. The van der Waals surface area contributed by atoms with Crippen molar-refractivity contribution in [1.82, 2.24) is 9.97 Å². The highest BCUT2D eigenvalue weighted by Crippen LogP contribution is 2.26. The number of nitrogens with zero attached hydrogens (tertiary/aromatic N) is 2. The molecule has 3 rings (SSSR count). The topological polar surface area (TPSA) is 38.9 Å².